The van der Waals surface area contributed by atoms with E-state index in [1.54, 1.807) is 0 Å². The van der Waals surface area contributed by atoms with Crippen LogP contribution in [0, 0.1) is 0 Å². The Morgan fingerprint density at radius 2 is 1.41 bits per heavy atom. The van der Waals surface area contributed by atoms with Crippen LogP contribution >= 0.6 is 0 Å². The maximum Gasteiger partial charge on any atom is 0.250 e. The van der Waals surface area contributed by atoms with Crippen LogP contribution in [0.4, 0.5) is 23.5 Å². The van der Waals surface area contributed by atoms with Crippen molar-refractivity contribution in [2.75, 3.05) is 47.1 Å². The normalized spacial score (nSPS) is 17.6. The largest absolute Gasteiger partial charge is 0.399 e. The highest BCUT2D eigenvalue weighted by Gasteiger charge is 2.21. The summed E-state index contributed by atoms with van der Waals surface area (Å²) in [5.41, 5.74) is 11.4. The third kappa shape index (κ3) is 4.10. The van der Waals surface area contributed by atoms with Crippen LogP contribution in [0.2, 0.25) is 0 Å². The van der Waals surface area contributed by atoms with Crippen LogP contribution in [-0.2, 0) is 0 Å². The van der Waals surface area contributed by atoms with Gasteiger partial charge in [0, 0.05) is 31.9 Å². The first-order chi connectivity index (χ1) is 13.2. The van der Waals surface area contributed by atoms with Crippen molar-refractivity contribution in [2.24, 2.45) is 5.10 Å². The fraction of sp³-hybridized carbons (Fsp3) is 0.474. The molecule has 1 aromatic carbocycles. The summed E-state index contributed by atoms with van der Waals surface area (Å²) in [6, 6.07) is 7.64. The van der Waals surface area contributed by atoms with E-state index in [1.165, 1.54) is 25.7 Å². The molecule has 0 spiro atoms. The molecule has 0 aliphatic carbocycles. The van der Waals surface area contributed by atoms with Crippen LogP contribution in [0.15, 0.2) is 29.4 Å². The molecule has 0 atom stereocenters. The number of anilines is 4. The van der Waals surface area contributed by atoms with E-state index < -0.39 is 0 Å². The first kappa shape index (κ1) is 17.5. The number of nitrogens with two attached hydrogens (primary N) is 1. The fourth-order valence-corrected chi connectivity index (χ4v) is 3.44. The molecule has 0 amide bonds. The van der Waals surface area contributed by atoms with E-state index in [-0.39, 0.29) is 0 Å². The summed E-state index contributed by atoms with van der Waals surface area (Å²) in [6.07, 6.45) is 4.73. The van der Waals surface area contributed by atoms with Crippen LogP contribution in [-0.4, -0.2) is 46.8 Å². The summed E-state index contributed by atoms with van der Waals surface area (Å²) < 4.78 is 0. The summed E-state index contributed by atoms with van der Waals surface area (Å²) >= 11 is 0. The summed E-state index contributed by atoms with van der Waals surface area (Å²) in [6.45, 7) is 5.93. The van der Waals surface area contributed by atoms with Gasteiger partial charge in [-0.05, 0) is 50.3 Å². The van der Waals surface area contributed by atoms with E-state index in [0.29, 0.717) is 5.95 Å². The highest BCUT2D eigenvalue weighted by Crippen LogP contribution is 2.22. The molecular formula is C19H26N8. The zero-order valence-corrected chi connectivity index (χ0v) is 15.7. The van der Waals surface area contributed by atoms with Crippen molar-refractivity contribution in [2.45, 2.75) is 32.6 Å². The van der Waals surface area contributed by atoms with Gasteiger partial charge in [0.2, 0.25) is 17.8 Å². The van der Waals surface area contributed by atoms with Crippen molar-refractivity contribution in [3.8, 4) is 0 Å². The lowest BCUT2D eigenvalue weighted by Gasteiger charge is -2.20. The third-order valence-electron chi connectivity index (χ3n) is 5.04. The number of nitrogens with one attached hydrogen (secondary N) is 1. The molecule has 0 bridgehead atoms. The van der Waals surface area contributed by atoms with Crippen LogP contribution < -0.4 is 21.0 Å². The Balaban J connectivity index is 1.58. The molecule has 2 aliphatic heterocycles. The molecule has 4 rings (SSSR count). The second kappa shape index (κ2) is 7.77. The smallest absolute Gasteiger partial charge is 0.250 e. The van der Waals surface area contributed by atoms with Gasteiger partial charge in [0.1, 0.15) is 0 Å². The first-order valence-corrected chi connectivity index (χ1v) is 9.61. The minimum Gasteiger partial charge on any atom is -0.399 e. The zero-order chi connectivity index (χ0) is 18.6. The minimum absolute atomic E-state index is 0.489. The van der Waals surface area contributed by atoms with Gasteiger partial charge in [0.15, 0.2) is 0 Å². The molecule has 142 valence electrons. The Morgan fingerprint density at radius 3 is 1.93 bits per heavy atom. The monoisotopic (exact) mass is 366 g/mol. The van der Waals surface area contributed by atoms with Gasteiger partial charge in [-0.1, -0.05) is 12.1 Å². The average Bonchev–Trinajstić information content (AvgIpc) is 3.40. The van der Waals surface area contributed by atoms with E-state index in [0.717, 1.165) is 55.0 Å². The van der Waals surface area contributed by atoms with E-state index >= 15 is 0 Å². The molecule has 2 fully saturated rings. The lowest BCUT2D eigenvalue weighted by molar-refractivity contribution is 0.838. The van der Waals surface area contributed by atoms with Crippen molar-refractivity contribution >= 4 is 29.2 Å². The minimum atomic E-state index is 0.489. The number of aromatic nitrogens is 3. The number of rotatable bonds is 5. The van der Waals surface area contributed by atoms with Crippen molar-refractivity contribution in [3.63, 3.8) is 0 Å². The van der Waals surface area contributed by atoms with Crippen molar-refractivity contribution in [1.29, 1.82) is 0 Å². The van der Waals surface area contributed by atoms with Gasteiger partial charge in [0.05, 0.1) is 5.71 Å². The fourth-order valence-electron chi connectivity index (χ4n) is 3.44. The maximum absolute atomic E-state index is 5.75. The Morgan fingerprint density at radius 1 is 0.889 bits per heavy atom. The topological polar surface area (TPSA) is 95.6 Å². The molecule has 8 nitrogen and oxygen atoms in total. The number of hydrogen-bond acceptors (Lipinski definition) is 8. The lowest BCUT2D eigenvalue weighted by Crippen LogP contribution is -2.25. The van der Waals surface area contributed by atoms with Crippen LogP contribution in [0.5, 0.6) is 0 Å². The molecule has 0 unspecified atom stereocenters. The molecule has 27 heavy (non-hydrogen) atoms. The lowest BCUT2D eigenvalue weighted by atomic mass is 10.1. The Kier molecular flexibility index (Phi) is 5.04. The quantitative estimate of drug-likeness (QED) is 0.477. The molecule has 1 aromatic heterocycles. The molecule has 8 heteroatoms. The van der Waals surface area contributed by atoms with Crippen molar-refractivity contribution in [1.82, 2.24) is 15.0 Å². The number of hydrazone groups is 1. The predicted molar refractivity (Wildman–Crippen MR) is 109 cm³/mol. The molecule has 2 aliphatic rings. The van der Waals surface area contributed by atoms with E-state index in [2.05, 4.69) is 30.3 Å². The van der Waals surface area contributed by atoms with Gasteiger partial charge in [0.25, 0.3) is 0 Å². The standard InChI is InChI=1S/C19H26N8/c1-14(15-6-8-16(20)9-7-15)24-25-17-21-18(26-10-2-3-11-26)23-19(22-17)27-12-4-5-13-27/h6-9H,2-5,10-13,20H2,1H3,(H,21,22,23,25)/b24-14+. The second-order valence-corrected chi connectivity index (χ2v) is 7.08. The highest BCUT2D eigenvalue weighted by atomic mass is 15.4. The Hall–Kier alpha value is -2.90. The van der Waals surface area contributed by atoms with E-state index in [1.807, 2.05) is 31.2 Å². The number of nitrogens with zero attached hydrogens (tertiary/aromatic N) is 6. The van der Waals surface area contributed by atoms with Gasteiger partial charge >= 0.3 is 0 Å². The summed E-state index contributed by atoms with van der Waals surface area (Å²) in [5, 5.41) is 4.47. The number of hydrogen-bond donors (Lipinski definition) is 2. The van der Waals surface area contributed by atoms with Crippen molar-refractivity contribution < 1.29 is 0 Å². The first-order valence-electron chi connectivity index (χ1n) is 9.61. The van der Waals surface area contributed by atoms with Crippen LogP contribution in [0.3, 0.4) is 0 Å². The molecular weight excluding hydrogens is 340 g/mol. The second-order valence-electron chi connectivity index (χ2n) is 7.08. The third-order valence-corrected chi connectivity index (χ3v) is 5.04. The summed E-state index contributed by atoms with van der Waals surface area (Å²) in [7, 11) is 0. The van der Waals surface area contributed by atoms with Crippen LogP contribution in [0.1, 0.15) is 38.2 Å². The number of nitrogen functional groups attached to an aromatic ring is 1. The molecule has 0 saturated carbocycles. The Labute approximate surface area is 159 Å². The van der Waals surface area contributed by atoms with Gasteiger partial charge in [-0.3, -0.25) is 0 Å². The van der Waals surface area contributed by atoms with Gasteiger partial charge < -0.3 is 15.5 Å². The zero-order valence-electron chi connectivity index (χ0n) is 15.7. The van der Waals surface area contributed by atoms with Gasteiger partial charge in [-0.2, -0.15) is 20.1 Å². The van der Waals surface area contributed by atoms with Crippen molar-refractivity contribution in [3.05, 3.63) is 29.8 Å². The molecule has 2 aromatic rings. The highest BCUT2D eigenvalue weighted by molar-refractivity contribution is 5.99. The van der Waals surface area contributed by atoms with Gasteiger partial charge in [-0.25, -0.2) is 5.43 Å². The number of benzene rings is 1. The molecule has 3 N–H and O–H groups in total. The molecule has 2 saturated heterocycles. The summed E-state index contributed by atoms with van der Waals surface area (Å²) in [5.74, 6) is 1.98. The van der Waals surface area contributed by atoms with Crippen LogP contribution in [0.25, 0.3) is 0 Å². The van der Waals surface area contributed by atoms with Gasteiger partial charge in [-0.15, -0.1) is 0 Å². The SMILES string of the molecule is C/C(=N\Nc1nc(N2CCCC2)nc(N2CCCC2)n1)c1ccc(N)cc1. The molecule has 3 heterocycles. The predicted octanol–water partition coefficient (Wildman–Crippen LogP) is 2.49. The molecule has 0 radical (unpaired) electrons. The summed E-state index contributed by atoms with van der Waals surface area (Å²) in [4.78, 5) is 18.4. The van der Waals surface area contributed by atoms with E-state index in [9.17, 15) is 0 Å². The van der Waals surface area contributed by atoms with E-state index in [4.69, 9.17) is 10.7 Å². The maximum atomic E-state index is 5.75. The Bertz CT molecular complexity index is 771. The average molecular weight is 366 g/mol.